The molecule has 3 rings (SSSR count). The van der Waals surface area contributed by atoms with Crippen LogP contribution in [0.25, 0.3) is 0 Å². The van der Waals surface area contributed by atoms with Crippen molar-refractivity contribution in [1.29, 1.82) is 0 Å². The molecule has 0 bridgehead atoms. The molecule has 1 unspecified atom stereocenters. The van der Waals surface area contributed by atoms with Crippen LogP contribution < -0.4 is 5.32 Å². The molecule has 2 heteroatoms. The summed E-state index contributed by atoms with van der Waals surface area (Å²) in [4.78, 5) is 4.12. The Labute approximate surface area is 131 Å². The zero-order valence-corrected chi connectivity index (χ0v) is 12.7. The summed E-state index contributed by atoms with van der Waals surface area (Å²) < 4.78 is 0. The molecule has 0 saturated heterocycles. The lowest BCUT2D eigenvalue weighted by Gasteiger charge is -2.21. The molecule has 110 valence electrons. The second-order valence-electron chi connectivity index (χ2n) is 5.32. The highest BCUT2D eigenvalue weighted by Gasteiger charge is 2.13. The number of benzene rings is 2. The fraction of sp³-hybridized carbons (Fsp3) is 0.150. The van der Waals surface area contributed by atoms with Crippen molar-refractivity contribution in [3.05, 3.63) is 95.8 Å². The Kier molecular flexibility index (Phi) is 4.50. The Bertz CT molecular complexity index is 651. The number of aromatic nitrogens is 1. The number of pyridine rings is 1. The molecule has 1 N–H and O–H groups in total. The van der Waals surface area contributed by atoms with Crippen molar-refractivity contribution in [1.82, 2.24) is 4.98 Å². The van der Waals surface area contributed by atoms with Gasteiger partial charge < -0.3 is 5.32 Å². The number of nitrogens with zero attached hydrogens (tertiary/aromatic N) is 1. The molecule has 1 aromatic heterocycles. The molecule has 22 heavy (non-hydrogen) atoms. The van der Waals surface area contributed by atoms with E-state index in [2.05, 4.69) is 77.9 Å². The number of hydrogen-bond acceptors (Lipinski definition) is 2. The van der Waals surface area contributed by atoms with Crippen LogP contribution in [0.2, 0.25) is 0 Å². The number of rotatable bonds is 5. The van der Waals surface area contributed by atoms with Crippen LogP contribution in [0.4, 0.5) is 5.69 Å². The third-order valence-corrected chi connectivity index (χ3v) is 3.85. The summed E-state index contributed by atoms with van der Waals surface area (Å²) in [5.74, 6) is 0. The highest BCUT2D eigenvalue weighted by atomic mass is 14.9. The standard InChI is InChI=1S/C20H20N2/c1-2-16-8-10-19(11-9-16)22-20(17-6-4-3-5-7-17)18-12-14-21-15-13-18/h3-15,20,22H,2H2,1H3. The van der Waals surface area contributed by atoms with Crippen LogP contribution in [0, 0.1) is 0 Å². The van der Waals surface area contributed by atoms with Gasteiger partial charge in [-0.2, -0.15) is 0 Å². The lowest BCUT2D eigenvalue weighted by molar-refractivity contribution is 0.933. The van der Waals surface area contributed by atoms with Gasteiger partial charge in [0.15, 0.2) is 0 Å². The summed E-state index contributed by atoms with van der Waals surface area (Å²) in [5.41, 5.74) is 4.93. The highest BCUT2D eigenvalue weighted by molar-refractivity contribution is 5.50. The maximum absolute atomic E-state index is 4.12. The van der Waals surface area contributed by atoms with Gasteiger partial charge in [-0.15, -0.1) is 0 Å². The van der Waals surface area contributed by atoms with E-state index in [0.29, 0.717) is 0 Å². The first kappa shape index (κ1) is 14.3. The summed E-state index contributed by atoms with van der Waals surface area (Å²) in [7, 11) is 0. The van der Waals surface area contributed by atoms with Gasteiger partial charge >= 0.3 is 0 Å². The topological polar surface area (TPSA) is 24.9 Å². The zero-order valence-electron chi connectivity index (χ0n) is 12.7. The molecule has 2 nitrogen and oxygen atoms in total. The van der Waals surface area contributed by atoms with Gasteiger partial charge in [-0.05, 0) is 47.4 Å². The van der Waals surface area contributed by atoms with Crippen LogP contribution >= 0.6 is 0 Å². The van der Waals surface area contributed by atoms with Gasteiger partial charge in [0.2, 0.25) is 0 Å². The predicted molar refractivity (Wildman–Crippen MR) is 92.0 cm³/mol. The summed E-state index contributed by atoms with van der Waals surface area (Å²) in [6, 6.07) is 23.4. The first-order valence-electron chi connectivity index (χ1n) is 7.67. The minimum Gasteiger partial charge on any atom is -0.374 e. The Morgan fingerprint density at radius 2 is 1.45 bits per heavy atom. The molecule has 0 fully saturated rings. The monoisotopic (exact) mass is 288 g/mol. The number of nitrogens with one attached hydrogen (secondary N) is 1. The SMILES string of the molecule is CCc1ccc(NC(c2ccccc2)c2ccncc2)cc1. The quantitative estimate of drug-likeness (QED) is 0.726. The van der Waals surface area contributed by atoms with E-state index < -0.39 is 0 Å². The molecular weight excluding hydrogens is 268 g/mol. The average molecular weight is 288 g/mol. The lowest BCUT2D eigenvalue weighted by Crippen LogP contribution is -2.12. The molecule has 0 saturated carbocycles. The van der Waals surface area contributed by atoms with Crippen LogP contribution in [0.3, 0.4) is 0 Å². The van der Waals surface area contributed by atoms with Crippen molar-refractivity contribution in [2.45, 2.75) is 19.4 Å². The minimum absolute atomic E-state index is 0.122. The summed E-state index contributed by atoms with van der Waals surface area (Å²) in [6.07, 6.45) is 4.74. The molecule has 1 heterocycles. The maximum Gasteiger partial charge on any atom is 0.0768 e. The van der Waals surface area contributed by atoms with E-state index in [1.54, 1.807) is 0 Å². The highest BCUT2D eigenvalue weighted by Crippen LogP contribution is 2.26. The van der Waals surface area contributed by atoms with Gasteiger partial charge in [-0.3, -0.25) is 4.98 Å². The Balaban J connectivity index is 1.91. The smallest absolute Gasteiger partial charge is 0.0768 e. The van der Waals surface area contributed by atoms with Crippen molar-refractivity contribution in [2.24, 2.45) is 0 Å². The predicted octanol–water partition coefficient (Wildman–Crippen LogP) is 4.85. The van der Waals surface area contributed by atoms with Crippen molar-refractivity contribution in [2.75, 3.05) is 5.32 Å². The van der Waals surface area contributed by atoms with E-state index in [4.69, 9.17) is 0 Å². The summed E-state index contributed by atoms with van der Waals surface area (Å²) in [6.45, 7) is 2.17. The molecule has 0 amide bonds. The Hall–Kier alpha value is -2.61. The van der Waals surface area contributed by atoms with Gasteiger partial charge in [-0.25, -0.2) is 0 Å². The fourth-order valence-corrected chi connectivity index (χ4v) is 2.56. The second-order valence-corrected chi connectivity index (χ2v) is 5.32. The molecule has 0 spiro atoms. The zero-order chi connectivity index (χ0) is 15.2. The first-order valence-corrected chi connectivity index (χ1v) is 7.67. The Morgan fingerprint density at radius 1 is 0.818 bits per heavy atom. The van der Waals surface area contributed by atoms with Gasteiger partial charge in [0, 0.05) is 18.1 Å². The van der Waals surface area contributed by atoms with E-state index in [-0.39, 0.29) is 6.04 Å². The number of hydrogen-bond donors (Lipinski definition) is 1. The third kappa shape index (κ3) is 3.34. The summed E-state index contributed by atoms with van der Waals surface area (Å²) >= 11 is 0. The lowest BCUT2D eigenvalue weighted by atomic mass is 9.99. The first-order chi connectivity index (χ1) is 10.9. The maximum atomic E-state index is 4.12. The molecule has 0 aliphatic heterocycles. The number of anilines is 1. The molecule has 1 atom stereocenters. The van der Waals surface area contributed by atoms with E-state index in [9.17, 15) is 0 Å². The largest absolute Gasteiger partial charge is 0.374 e. The van der Waals surface area contributed by atoms with Gasteiger partial charge in [-0.1, -0.05) is 49.4 Å². The van der Waals surface area contributed by atoms with Gasteiger partial charge in [0.1, 0.15) is 0 Å². The van der Waals surface area contributed by atoms with E-state index in [1.165, 1.54) is 16.7 Å². The van der Waals surface area contributed by atoms with Crippen LogP contribution in [-0.4, -0.2) is 4.98 Å². The molecule has 2 aromatic carbocycles. The second kappa shape index (κ2) is 6.90. The van der Waals surface area contributed by atoms with E-state index >= 15 is 0 Å². The van der Waals surface area contributed by atoms with Crippen LogP contribution in [0.15, 0.2) is 79.1 Å². The van der Waals surface area contributed by atoms with Crippen LogP contribution in [0.1, 0.15) is 29.7 Å². The van der Waals surface area contributed by atoms with Crippen molar-refractivity contribution in [3.8, 4) is 0 Å². The van der Waals surface area contributed by atoms with Gasteiger partial charge in [0.25, 0.3) is 0 Å². The van der Waals surface area contributed by atoms with Crippen molar-refractivity contribution >= 4 is 5.69 Å². The van der Waals surface area contributed by atoms with E-state index in [1.807, 2.05) is 18.5 Å². The molecule has 0 aliphatic rings. The molecule has 3 aromatic rings. The Morgan fingerprint density at radius 3 is 2.09 bits per heavy atom. The van der Waals surface area contributed by atoms with Crippen LogP contribution in [0.5, 0.6) is 0 Å². The third-order valence-electron chi connectivity index (χ3n) is 3.85. The normalized spacial score (nSPS) is 11.9. The summed E-state index contributed by atoms with van der Waals surface area (Å²) in [5, 5.41) is 3.64. The van der Waals surface area contributed by atoms with Crippen molar-refractivity contribution in [3.63, 3.8) is 0 Å². The van der Waals surface area contributed by atoms with Crippen molar-refractivity contribution < 1.29 is 0 Å². The minimum atomic E-state index is 0.122. The van der Waals surface area contributed by atoms with Crippen LogP contribution in [-0.2, 0) is 6.42 Å². The molecule has 0 aliphatic carbocycles. The van der Waals surface area contributed by atoms with E-state index in [0.717, 1.165) is 12.1 Å². The molecule has 0 radical (unpaired) electrons. The average Bonchev–Trinajstić information content (AvgIpc) is 2.62. The fourth-order valence-electron chi connectivity index (χ4n) is 2.56. The van der Waals surface area contributed by atoms with Gasteiger partial charge in [0.05, 0.1) is 6.04 Å². The number of aryl methyl sites for hydroxylation is 1. The molecular formula is C20H20N2.